The van der Waals surface area contributed by atoms with E-state index in [9.17, 15) is 9.59 Å². The highest BCUT2D eigenvalue weighted by Crippen LogP contribution is 2.49. The molecular weight excluding hydrogens is 341 g/mol. The average Bonchev–Trinajstić information content (AvgIpc) is 3.29. The number of carbonyl (C=O) groups excluding carboxylic acids is 1. The molecule has 7 heteroatoms. The third-order valence-corrected chi connectivity index (χ3v) is 5.07. The molecule has 0 aromatic heterocycles. The number of aliphatic carboxylic acids is 1. The van der Waals surface area contributed by atoms with Gasteiger partial charge in [-0.15, -0.1) is 0 Å². The van der Waals surface area contributed by atoms with Gasteiger partial charge in [0.05, 0.1) is 29.2 Å². The zero-order valence-corrected chi connectivity index (χ0v) is 13.9. The first-order valence-corrected chi connectivity index (χ1v) is 8.28. The van der Waals surface area contributed by atoms with Gasteiger partial charge >= 0.3 is 5.97 Å². The van der Waals surface area contributed by atoms with Crippen molar-refractivity contribution in [3.8, 4) is 0 Å². The SMILES string of the molecule is O=C(O)CC1CN(C(=O)C2CC2c2ccc(Cl)c(Cl)c2)CCO1. The van der Waals surface area contributed by atoms with Crippen molar-refractivity contribution in [2.24, 2.45) is 5.92 Å². The quantitative estimate of drug-likeness (QED) is 0.899. The van der Waals surface area contributed by atoms with Crippen LogP contribution in [0.4, 0.5) is 0 Å². The summed E-state index contributed by atoms with van der Waals surface area (Å²) in [6.07, 6.45) is 0.287. The topological polar surface area (TPSA) is 66.8 Å². The van der Waals surface area contributed by atoms with Gasteiger partial charge in [-0.25, -0.2) is 0 Å². The van der Waals surface area contributed by atoms with Crippen molar-refractivity contribution in [1.29, 1.82) is 0 Å². The number of rotatable bonds is 4. The van der Waals surface area contributed by atoms with Crippen molar-refractivity contribution < 1.29 is 19.4 Å². The highest BCUT2D eigenvalue weighted by molar-refractivity contribution is 6.42. The van der Waals surface area contributed by atoms with Gasteiger partial charge in [0.25, 0.3) is 0 Å². The number of carboxylic acids is 1. The van der Waals surface area contributed by atoms with E-state index in [0.717, 1.165) is 12.0 Å². The number of ether oxygens (including phenoxy) is 1. The Bertz CT molecular complexity index is 637. The molecule has 3 unspecified atom stereocenters. The predicted molar refractivity (Wildman–Crippen MR) is 85.9 cm³/mol. The molecule has 124 valence electrons. The van der Waals surface area contributed by atoms with Crippen LogP contribution in [0.3, 0.4) is 0 Å². The van der Waals surface area contributed by atoms with Crippen LogP contribution in [0.15, 0.2) is 18.2 Å². The molecule has 1 aromatic carbocycles. The van der Waals surface area contributed by atoms with E-state index in [1.165, 1.54) is 0 Å². The first-order chi connectivity index (χ1) is 11.0. The number of hydrogen-bond acceptors (Lipinski definition) is 3. The van der Waals surface area contributed by atoms with Gasteiger partial charge in [0.2, 0.25) is 5.91 Å². The molecule has 2 fully saturated rings. The van der Waals surface area contributed by atoms with Crippen LogP contribution in [0.2, 0.25) is 10.0 Å². The zero-order chi connectivity index (χ0) is 16.6. The largest absolute Gasteiger partial charge is 0.481 e. The third-order valence-electron chi connectivity index (χ3n) is 4.33. The second-order valence-electron chi connectivity index (χ2n) is 6.00. The number of halogens is 2. The van der Waals surface area contributed by atoms with Crippen LogP contribution >= 0.6 is 23.2 Å². The number of carboxylic acid groups (broad SMARTS) is 1. The fourth-order valence-electron chi connectivity index (χ4n) is 3.05. The maximum atomic E-state index is 12.6. The number of carbonyl (C=O) groups is 2. The fraction of sp³-hybridized carbons (Fsp3) is 0.500. The summed E-state index contributed by atoms with van der Waals surface area (Å²) in [5.41, 5.74) is 1.02. The maximum absolute atomic E-state index is 12.6. The summed E-state index contributed by atoms with van der Waals surface area (Å²) < 4.78 is 5.40. The Balaban J connectivity index is 1.61. The van der Waals surface area contributed by atoms with E-state index in [2.05, 4.69) is 0 Å². The van der Waals surface area contributed by atoms with Gasteiger partial charge < -0.3 is 14.7 Å². The molecule has 3 rings (SSSR count). The Hall–Kier alpha value is -1.30. The highest BCUT2D eigenvalue weighted by atomic mass is 35.5. The molecule has 1 saturated heterocycles. The standard InChI is InChI=1S/C16H17Cl2NO4/c17-13-2-1-9(5-14(13)18)11-7-12(11)16(22)19-3-4-23-10(8-19)6-15(20)21/h1-2,5,10-12H,3-4,6-8H2,(H,20,21). The molecular formula is C16H17Cl2NO4. The van der Waals surface area contributed by atoms with Crippen LogP contribution in [0.1, 0.15) is 24.3 Å². The normalized spacial score (nSPS) is 26.9. The molecule has 5 nitrogen and oxygen atoms in total. The van der Waals surface area contributed by atoms with Crippen LogP contribution in [-0.4, -0.2) is 47.7 Å². The number of hydrogen-bond donors (Lipinski definition) is 1. The molecule has 0 bridgehead atoms. The molecule has 1 saturated carbocycles. The summed E-state index contributed by atoms with van der Waals surface area (Å²) in [4.78, 5) is 25.1. The second-order valence-corrected chi connectivity index (χ2v) is 6.81. The lowest BCUT2D eigenvalue weighted by Gasteiger charge is -2.32. The van der Waals surface area contributed by atoms with E-state index in [4.69, 9.17) is 33.0 Å². The van der Waals surface area contributed by atoms with Gasteiger partial charge in [-0.1, -0.05) is 29.3 Å². The van der Waals surface area contributed by atoms with E-state index in [1.54, 1.807) is 11.0 Å². The van der Waals surface area contributed by atoms with Gasteiger partial charge in [-0.3, -0.25) is 9.59 Å². The molecule has 3 atom stereocenters. The smallest absolute Gasteiger partial charge is 0.306 e. The van der Waals surface area contributed by atoms with Crippen LogP contribution < -0.4 is 0 Å². The second kappa shape index (κ2) is 6.67. The van der Waals surface area contributed by atoms with Gasteiger partial charge in [0.1, 0.15) is 0 Å². The summed E-state index contributed by atoms with van der Waals surface area (Å²) in [5.74, 6) is -0.738. The lowest BCUT2D eigenvalue weighted by Crippen LogP contribution is -2.47. The third kappa shape index (κ3) is 3.79. The number of benzene rings is 1. The van der Waals surface area contributed by atoms with Crippen LogP contribution in [0.5, 0.6) is 0 Å². The minimum absolute atomic E-state index is 0.0594. The number of morpholine rings is 1. The van der Waals surface area contributed by atoms with Crippen molar-refractivity contribution in [3.05, 3.63) is 33.8 Å². The Morgan fingerprint density at radius 3 is 2.78 bits per heavy atom. The molecule has 1 N–H and O–H groups in total. The van der Waals surface area contributed by atoms with Crippen LogP contribution in [-0.2, 0) is 14.3 Å². The van der Waals surface area contributed by atoms with Crippen molar-refractivity contribution in [1.82, 2.24) is 4.90 Å². The highest BCUT2D eigenvalue weighted by Gasteiger charge is 2.46. The fourth-order valence-corrected chi connectivity index (χ4v) is 3.36. The van der Waals surface area contributed by atoms with E-state index < -0.39 is 12.1 Å². The molecule has 1 amide bonds. The molecule has 23 heavy (non-hydrogen) atoms. The molecule has 1 aliphatic heterocycles. The van der Waals surface area contributed by atoms with Crippen molar-refractivity contribution in [2.45, 2.75) is 24.9 Å². The Morgan fingerprint density at radius 2 is 2.09 bits per heavy atom. The van der Waals surface area contributed by atoms with Gasteiger partial charge in [0.15, 0.2) is 0 Å². The molecule has 0 radical (unpaired) electrons. The first kappa shape index (κ1) is 16.6. The Labute approximate surface area is 144 Å². The Morgan fingerprint density at radius 1 is 1.30 bits per heavy atom. The molecule has 2 aliphatic rings. The van der Waals surface area contributed by atoms with Crippen molar-refractivity contribution in [3.63, 3.8) is 0 Å². The van der Waals surface area contributed by atoms with Crippen LogP contribution in [0, 0.1) is 5.92 Å². The minimum atomic E-state index is -0.913. The van der Waals surface area contributed by atoms with Crippen molar-refractivity contribution in [2.75, 3.05) is 19.7 Å². The summed E-state index contributed by atoms with van der Waals surface area (Å²) in [5, 5.41) is 9.84. The summed E-state index contributed by atoms with van der Waals surface area (Å²) in [7, 11) is 0. The van der Waals surface area contributed by atoms with E-state index >= 15 is 0 Å². The number of nitrogens with zero attached hydrogens (tertiary/aromatic N) is 1. The molecule has 1 heterocycles. The van der Waals surface area contributed by atoms with E-state index in [0.29, 0.717) is 29.7 Å². The lowest BCUT2D eigenvalue weighted by molar-refractivity contribution is -0.148. The average molecular weight is 358 g/mol. The molecule has 0 spiro atoms. The Kier molecular flexibility index (Phi) is 4.80. The predicted octanol–water partition coefficient (Wildman–Crippen LogP) is 2.80. The monoisotopic (exact) mass is 357 g/mol. The minimum Gasteiger partial charge on any atom is -0.481 e. The van der Waals surface area contributed by atoms with E-state index in [1.807, 2.05) is 12.1 Å². The van der Waals surface area contributed by atoms with Crippen molar-refractivity contribution >= 4 is 35.1 Å². The molecule has 1 aromatic rings. The van der Waals surface area contributed by atoms with E-state index in [-0.39, 0.29) is 24.2 Å². The molecule has 1 aliphatic carbocycles. The van der Waals surface area contributed by atoms with Crippen LogP contribution in [0.25, 0.3) is 0 Å². The summed E-state index contributed by atoms with van der Waals surface area (Å²) in [6, 6.07) is 5.46. The first-order valence-electron chi connectivity index (χ1n) is 7.53. The summed E-state index contributed by atoms with van der Waals surface area (Å²) >= 11 is 11.9. The maximum Gasteiger partial charge on any atom is 0.306 e. The van der Waals surface area contributed by atoms with Gasteiger partial charge in [0, 0.05) is 19.0 Å². The number of amides is 1. The summed E-state index contributed by atoms with van der Waals surface area (Å²) in [6.45, 7) is 1.24. The lowest BCUT2D eigenvalue weighted by atomic mass is 10.1. The van der Waals surface area contributed by atoms with Gasteiger partial charge in [-0.2, -0.15) is 0 Å². The zero-order valence-electron chi connectivity index (χ0n) is 12.4. The van der Waals surface area contributed by atoms with Gasteiger partial charge in [-0.05, 0) is 30.0 Å².